The Hall–Kier alpha value is -1.03. The van der Waals surface area contributed by atoms with E-state index >= 15 is 0 Å². The largest absolute Gasteiger partial charge is 0.382 e. The molecule has 0 saturated carbocycles. The van der Waals surface area contributed by atoms with E-state index in [0.29, 0.717) is 5.84 Å². The van der Waals surface area contributed by atoms with Gasteiger partial charge in [-0.3, -0.25) is 0 Å². The molecule has 1 aliphatic rings. The average molecular weight is 211 g/mol. The summed E-state index contributed by atoms with van der Waals surface area (Å²) in [7, 11) is 0. The maximum atomic E-state index is 5.55. The highest BCUT2D eigenvalue weighted by atomic mass is 79.9. The van der Waals surface area contributed by atoms with Crippen molar-refractivity contribution >= 4 is 27.5 Å². The van der Waals surface area contributed by atoms with Gasteiger partial charge < -0.3 is 5.73 Å². The lowest BCUT2D eigenvalue weighted by Crippen LogP contribution is -2.09. The third-order valence-corrected chi connectivity index (χ3v) is 1.99. The lowest BCUT2D eigenvalue weighted by molar-refractivity contribution is 0.985. The molecule has 1 aromatic rings. The molecular formula is C7H5BrN3. The topological polar surface area (TPSA) is 52.5 Å². The zero-order valence-electron chi connectivity index (χ0n) is 5.58. The molecule has 3 nitrogen and oxygen atoms in total. The molecule has 55 valence electrons. The molecule has 0 saturated heterocycles. The minimum atomic E-state index is 0.487. The summed E-state index contributed by atoms with van der Waals surface area (Å²) in [4.78, 5) is 0. The van der Waals surface area contributed by atoms with Gasteiger partial charge in [-0.2, -0.15) is 0 Å². The van der Waals surface area contributed by atoms with Crippen LogP contribution in [0, 0.1) is 0 Å². The highest BCUT2D eigenvalue weighted by Crippen LogP contribution is 2.24. The van der Waals surface area contributed by atoms with Crippen molar-refractivity contribution in [1.82, 2.24) is 5.43 Å². The Labute approximate surface area is 72.4 Å². The van der Waals surface area contributed by atoms with Gasteiger partial charge >= 0.3 is 0 Å². The second-order valence-electron chi connectivity index (χ2n) is 2.25. The number of hydrogen-bond donors (Lipinski definition) is 1. The van der Waals surface area contributed by atoms with Crippen molar-refractivity contribution in [3.05, 3.63) is 28.2 Å². The third kappa shape index (κ3) is 0.991. The Balaban J connectivity index is 2.60. The lowest BCUT2D eigenvalue weighted by atomic mass is 10.2. The van der Waals surface area contributed by atoms with E-state index in [1.165, 1.54) is 0 Å². The van der Waals surface area contributed by atoms with Gasteiger partial charge in [0, 0.05) is 10.0 Å². The molecule has 1 heterocycles. The quantitative estimate of drug-likeness (QED) is 0.691. The standard InChI is InChI=1S/C7H5BrN3/c8-4-1-2-6-5(3-4)7(9)11-10-6/h1-3H,(H2,9,11). The van der Waals surface area contributed by atoms with Crippen molar-refractivity contribution in [2.24, 2.45) is 10.8 Å². The van der Waals surface area contributed by atoms with Crippen molar-refractivity contribution in [2.45, 2.75) is 0 Å². The summed E-state index contributed by atoms with van der Waals surface area (Å²) in [5.41, 5.74) is 11.2. The highest BCUT2D eigenvalue weighted by Gasteiger charge is 2.13. The molecule has 0 fully saturated rings. The second-order valence-corrected chi connectivity index (χ2v) is 3.16. The molecule has 0 spiro atoms. The maximum Gasteiger partial charge on any atom is 0.155 e. The first kappa shape index (κ1) is 6.67. The van der Waals surface area contributed by atoms with E-state index in [0.717, 1.165) is 15.7 Å². The molecule has 1 radical (unpaired) electrons. The number of nitrogens with two attached hydrogens (primary N) is 1. The summed E-state index contributed by atoms with van der Waals surface area (Å²) >= 11 is 3.34. The minimum absolute atomic E-state index is 0.487. The molecule has 0 aliphatic carbocycles. The first-order valence-electron chi connectivity index (χ1n) is 3.11. The Morgan fingerprint density at radius 2 is 2.18 bits per heavy atom. The second kappa shape index (κ2) is 2.23. The molecule has 1 aromatic carbocycles. The molecule has 2 rings (SSSR count). The van der Waals surface area contributed by atoms with E-state index in [4.69, 9.17) is 5.73 Å². The van der Waals surface area contributed by atoms with Crippen molar-refractivity contribution in [2.75, 3.05) is 0 Å². The number of benzene rings is 1. The average Bonchev–Trinajstić information content (AvgIpc) is 2.33. The number of nitrogens with zero attached hydrogens (tertiary/aromatic N) is 2. The van der Waals surface area contributed by atoms with Gasteiger partial charge in [0.05, 0.1) is 5.69 Å². The predicted octanol–water partition coefficient (Wildman–Crippen LogP) is 1.32. The van der Waals surface area contributed by atoms with Crippen molar-refractivity contribution in [3.63, 3.8) is 0 Å². The molecule has 0 bridgehead atoms. The summed E-state index contributed by atoms with van der Waals surface area (Å²) in [6, 6.07) is 5.70. The van der Waals surface area contributed by atoms with Crippen molar-refractivity contribution in [3.8, 4) is 0 Å². The monoisotopic (exact) mass is 210 g/mol. The molecule has 0 amide bonds. The van der Waals surface area contributed by atoms with Gasteiger partial charge in [-0.1, -0.05) is 15.9 Å². The zero-order chi connectivity index (χ0) is 7.84. The number of hydrogen-bond acceptors (Lipinski definition) is 2. The van der Waals surface area contributed by atoms with Crippen LogP contribution in [0.5, 0.6) is 0 Å². The van der Waals surface area contributed by atoms with Crippen LogP contribution in [0.4, 0.5) is 5.69 Å². The predicted molar refractivity (Wildman–Crippen MR) is 46.7 cm³/mol. The lowest BCUT2D eigenvalue weighted by Gasteiger charge is -1.96. The Morgan fingerprint density at radius 1 is 1.36 bits per heavy atom. The van der Waals surface area contributed by atoms with Gasteiger partial charge in [0.2, 0.25) is 0 Å². The van der Waals surface area contributed by atoms with Gasteiger partial charge in [0.15, 0.2) is 5.84 Å². The number of fused-ring (bicyclic) bond motifs is 1. The number of halogens is 1. The maximum absolute atomic E-state index is 5.55. The van der Waals surface area contributed by atoms with Crippen molar-refractivity contribution in [1.29, 1.82) is 0 Å². The fraction of sp³-hybridized carbons (Fsp3) is 0. The Bertz CT molecular complexity index is 332. The molecule has 1 aliphatic heterocycles. The summed E-state index contributed by atoms with van der Waals surface area (Å²) in [6.45, 7) is 0. The van der Waals surface area contributed by atoms with Crippen LogP contribution in [0.3, 0.4) is 0 Å². The normalized spacial score (nSPS) is 13.7. The molecule has 11 heavy (non-hydrogen) atoms. The summed E-state index contributed by atoms with van der Waals surface area (Å²) < 4.78 is 0.992. The molecule has 0 unspecified atom stereocenters. The van der Waals surface area contributed by atoms with Gasteiger partial charge in [0.1, 0.15) is 0 Å². The van der Waals surface area contributed by atoms with Crippen LogP contribution in [-0.4, -0.2) is 5.84 Å². The summed E-state index contributed by atoms with van der Waals surface area (Å²) in [6.07, 6.45) is 0. The smallest absolute Gasteiger partial charge is 0.155 e. The first-order valence-corrected chi connectivity index (χ1v) is 3.91. The van der Waals surface area contributed by atoms with Gasteiger partial charge in [0.25, 0.3) is 0 Å². The zero-order valence-corrected chi connectivity index (χ0v) is 7.17. The number of rotatable bonds is 0. The van der Waals surface area contributed by atoms with Gasteiger partial charge in [-0.15, -0.1) is 10.5 Å². The fourth-order valence-corrected chi connectivity index (χ4v) is 1.32. The SMILES string of the molecule is NC1=N[N]c2ccc(Br)cc21. The van der Waals surface area contributed by atoms with E-state index < -0.39 is 0 Å². The Morgan fingerprint density at radius 3 is 3.00 bits per heavy atom. The van der Waals surface area contributed by atoms with Gasteiger partial charge in [-0.25, -0.2) is 0 Å². The van der Waals surface area contributed by atoms with Crippen LogP contribution in [0.15, 0.2) is 27.8 Å². The molecule has 0 atom stereocenters. The van der Waals surface area contributed by atoms with Gasteiger partial charge in [-0.05, 0) is 18.2 Å². The van der Waals surface area contributed by atoms with E-state index in [9.17, 15) is 0 Å². The number of amidine groups is 1. The van der Waals surface area contributed by atoms with E-state index in [2.05, 4.69) is 26.5 Å². The summed E-state index contributed by atoms with van der Waals surface area (Å²) in [5, 5.41) is 3.74. The molecule has 2 N–H and O–H groups in total. The highest BCUT2D eigenvalue weighted by molar-refractivity contribution is 9.10. The summed E-state index contributed by atoms with van der Waals surface area (Å²) in [5.74, 6) is 0.487. The van der Waals surface area contributed by atoms with Crippen molar-refractivity contribution < 1.29 is 0 Å². The van der Waals surface area contributed by atoms with Crippen LogP contribution in [0.25, 0.3) is 0 Å². The van der Waals surface area contributed by atoms with Crippen LogP contribution in [0.2, 0.25) is 0 Å². The van der Waals surface area contributed by atoms with Crippen LogP contribution < -0.4 is 11.2 Å². The third-order valence-electron chi connectivity index (χ3n) is 1.50. The molecular weight excluding hydrogens is 206 g/mol. The van der Waals surface area contributed by atoms with E-state index in [1.54, 1.807) is 0 Å². The van der Waals surface area contributed by atoms with E-state index in [1.807, 2.05) is 18.2 Å². The van der Waals surface area contributed by atoms with Crippen LogP contribution in [0.1, 0.15) is 5.56 Å². The fourth-order valence-electron chi connectivity index (χ4n) is 0.962. The van der Waals surface area contributed by atoms with Crippen LogP contribution >= 0.6 is 15.9 Å². The van der Waals surface area contributed by atoms with Crippen LogP contribution in [-0.2, 0) is 0 Å². The first-order chi connectivity index (χ1) is 5.27. The molecule has 4 heteroatoms. The molecule has 0 aromatic heterocycles. The van der Waals surface area contributed by atoms with E-state index in [-0.39, 0.29) is 0 Å². The Kier molecular flexibility index (Phi) is 1.35. The minimum Gasteiger partial charge on any atom is -0.382 e.